The zero-order valence-corrected chi connectivity index (χ0v) is 13.4. The number of amides is 1. The molecule has 124 valence electrons. The van der Waals surface area contributed by atoms with Gasteiger partial charge in [-0.25, -0.2) is 4.98 Å². The van der Waals surface area contributed by atoms with E-state index in [-0.39, 0.29) is 28.9 Å². The van der Waals surface area contributed by atoms with Crippen LogP contribution in [0.4, 0.5) is 0 Å². The number of aromatic nitrogens is 1. The van der Waals surface area contributed by atoms with Crippen molar-refractivity contribution in [3.05, 3.63) is 22.8 Å². The molecule has 2 saturated heterocycles. The Morgan fingerprint density at radius 3 is 2.83 bits per heavy atom. The lowest BCUT2D eigenvalue weighted by molar-refractivity contribution is -0.149. The van der Waals surface area contributed by atoms with Crippen molar-refractivity contribution in [3.63, 3.8) is 0 Å². The van der Waals surface area contributed by atoms with Crippen LogP contribution in [0.15, 0.2) is 12.3 Å². The molecule has 0 saturated carbocycles. The molecule has 1 aromatic rings. The third kappa shape index (κ3) is 3.40. The second-order valence-corrected chi connectivity index (χ2v) is 5.95. The Morgan fingerprint density at radius 1 is 1.43 bits per heavy atom. The van der Waals surface area contributed by atoms with Crippen molar-refractivity contribution in [2.24, 2.45) is 5.92 Å². The van der Waals surface area contributed by atoms with Gasteiger partial charge in [-0.15, -0.1) is 0 Å². The topological polar surface area (TPSA) is 78.0 Å². The van der Waals surface area contributed by atoms with Crippen LogP contribution in [0, 0.1) is 5.92 Å². The molecule has 0 spiro atoms. The number of pyridine rings is 1. The molecule has 23 heavy (non-hydrogen) atoms. The molecule has 0 unspecified atom stereocenters. The first-order valence-corrected chi connectivity index (χ1v) is 7.73. The van der Waals surface area contributed by atoms with Gasteiger partial charge in [-0.3, -0.25) is 9.59 Å². The fourth-order valence-electron chi connectivity index (χ4n) is 2.54. The molecule has 1 atom stereocenters. The molecule has 8 heteroatoms. The Morgan fingerprint density at radius 2 is 2.22 bits per heavy atom. The third-order valence-electron chi connectivity index (χ3n) is 3.92. The van der Waals surface area contributed by atoms with Crippen LogP contribution in [0.5, 0.6) is 5.88 Å². The molecule has 2 aliphatic rings. The molecular formula is C15H17ClN2O5. The Bertz CT molecular complexity index is 612. The molecule has 0 aliphatic carbocycles. The molecule has 0 N–H and O–H groups in total. The van der Waals surface area contributed by atoms with E-state index in [0.717, 1.165) is 6.42 Å². The van der Waals surface area contributed by atoms with Gasteiger partial charge in [-0.05, 0) is 6.07 Å². The predicted octanol–water partition coefficient (Wildman–Crippen LogP) is 1.15. The molecule has 3 rings (SSSR count). The SMILES string of the molecule is COC(=O)C1CN(C(=O)c2cnc(O[C@H]3CCOC3)c(Cl)c2)C1. The average Bonchev–Trinajstić information content (AvgIpc) is 3.00. The highest BCUT2D eigenvalue weighted by molar-refractivity contribution is 6.32. The summed E-state index contributed by atoms with van der Waals surface area (Å²) >= 11 is 6.15. The van der Waals surface area contributed by atoms with Crippen molar-refractivity contribution < 1.29 is 23.8 Å². The number of carbonyl (C=O) groups excluding carboxylic acids is 2. The molecule has 0 bridgehead atoms. The van der Waals surface area contributed by atoms with Gasteiger partial charge in [0.25, 0.3) is 5.91 Å². The van der Waals surface area contributed by atoms with Gasteiger partial charge in [0.1, 0.15) is 11.1 Å². The summed E-state index contributed by atoms with van der Waals surface area (Å²) in [5.74, 6) is -0.463. The summed E-state index contributed by atoms with van der Waals surface area (Å²) in [6.45, 7) is 1.87. The first kappa shape index (κ1) is 16.0. The van der Waals surface area contributed by atoms with Crippen LogP contribution in [-0.2, 0) is 14.3 Å². The van der Waals surface area contributed by atoms with E-state index in [1.54, 1.807) is 4.90 Å². The van der Waals surface area contributed by atoms with Crippen LogP contribution in [0.2, 0.25) is 5.02 Å². The molecule has 3 heterocycles. The molecule has 0 radical (unpaired) electrons. The number of esters is 1. The van der Waals surface area contributed by atoms with E-state index in [0.29, 0.717) is 37.7 Å². The maximum absolute atomic E-state index is 12.3. The van der Waals surface area contributed by atoms with E-state index >= 15 is 0 Å². The van der Waals surface area contributed by atoms with E-state index in [9.17, 15) is 9.59 Å². The van der Waals surface area contributed by atoms with Crippen LogP contribution in [0.25, 0.3) is 0 Å². The van der Waals surface area contributed by atoms with Gasteiger partial charge >= 0.3 is 5.97 Å². The zero-order valence-electron chi connectivity index (χ0n) is 12.7. The van der Waals surface area contributed by atoms with E-state index in [1.807, 2.05) is 0 Å². The number of likely N-dealkylation sites (tertiary alicyclic amines) is 1. The fraction of sp³-hybridized carbons (Fsp3) is 0.533. The average molecular weight is 341 g/mol. The van der Waals surface area contributed by atoms with Crippen LogP contribution in [-0.4, -0.2) is 61.3 Å². The van der Waals surface area contributed by atoms with E-state index in [2.05, 4.69) is 9.72 Å². The van der Waals surface area contributed by atoms with Crippen molar-refractivity contribution in [2.45, 2.75) is 12.5 Å². The molecule has 1 amide bonds. The normalized spacial score (nSPS) is 21.0. The summed E-state index contributed by atoms with van der Waals surface area (Å²) in [7, 11) is 1.34. The van der Waals surface area contributed by atoms with E-state index < -0.39 is 0 Å². The van der Waals surface area contributed by atoms with Gasteiger partial charge in [0.05, 0.1) is 31.8 Å². The summed E-state index contributed by atoms with van der Waals surface area (Å²) in [5.41, 5.74) is 0.369. The van der Waals surface area contributed by atoms with Crippen molar-refractivity contribution in [3.8, 4) is 5.88 Å². The Balaban J connectivity index is 1.61. The minimum Gasteiger partial charge on any atom is -0.471 e. The Labute approximate surface area is 138 Å². The van der Waals surface area contributed by atoms with Crippen LogP contribution in [0.1, 0.15) is 16.8 Å². The number of nitrogens with zero attached hydrogens (tertiary/aromatic N) is 2. The minimum atomic E-state index is -0.298. The van der Waals surface area contributed by atoms with Gasteiger partial charge in [0.15, 0.2) is 0 Å². The Kier molecular flexibility index (Phi) is 4.68. The number of carbonyl (C=O) groups is 2. The maximum atomic E-state index is 12.3. The molecule has 0 aromatic carbocycles. The number of hydrogen-bond acceptors (Lipinski definition) is 6. The monoisotopic (exact) mass is 340 g/mol. The number of halogens is 1. The molecular weight excluding hydrogens is 324 g/mol. The molecule has 2 fully saturated rings. The smallest absolute Gasteiger partial charge is 0.312 e. The van der Waals surface area contributed by atoms with Gasteiger partial charge in [-0.2, -0.15) is 0 Å². The second kappa shape index (κ2) is 6.72. The van der Waals surface area contributed by atoms with E-state index in [1.165, 1.54) is 19.4 Å². The standard InChI is InChI=1S/C15H17ClN2O5/c1-21-15(20)10-6-18(7-10)14(19)9-4-12(16)13(17-5-9)23-11-2-3-22-8-11/h4-5,10-11H,2-3,6-8H2,1H3/t11-/m0/s1. The first-order valence-electron chi connectivity index (χ1n) is 7.35. The van der Waals surface area contributed by atoms with Crippen LogP contribution >= 0.6 is 11.6 Å². The summed E-state index contributed by atoms with van der Waals surface area (Å²) < 4.78 is 15.5. The molecule has 2 aliphatic heterocycles. The lowest BCUT2D eigenvalue weighted by Crippen LogP contribution is -2.53. The summed E-state index contributed by atoms with van der Waals surface area (Å²) in [5, 5.41) is 0.285. The van der Waals surface area contributed by atoms with Crippen molar-refractivity contribution in [1.29, 1.82) is 0 Å². The number of hydrogen-bond donors (Lipinski definition) is 0. The van der Waals surface area contributed by atoms with Gasteiger partial charge in [-0.1, -0.05) is 11.6 Å². The molecule has 1 aromatic heterocycles. The molecule has 7 nitrogen and oxygen atoms in total. The highest BCUT2D eigenvalue weighted by Gasteiger charge is 2.37. The van der Waals surface area contributed by atoms with Crippen LogP contribution in [0.3, 0.4) is 0 Å². The number of methoxy groups -OCH3 is 1. The maximum Gasteiger partial charge on any atom is 0.312 e. The zero-order chi connectivity index (χ0) is 16.4. The number of ether oxygens (including phenoxy) is 3. The quantitative estimate of drug-likeness (QED) is 0.765. The van der Waals surface area contributed by atoms with Gasteiger partial charge in [0, 0.05) is 25.7 Å². The number of rotatable bonds is 4. The largest absolute Gasteiger partial charge is 0.471 e. The summed E-state index contributed by atoms with van der Waals surface area (Å²) in [6, 6.07) is 1.54. The fourth-order valence-corrected chi connectivity index (χ4v) is 2.75. The second-order valence-electron chi connectivity index (χ2n) is 5.54. The van der Waals surface area contributed by atoms with Crippen LogP contribution < -0.4 is 4.74 Å². The Hall–Kier alpha value is -1.86. The van der Waals surface area contributed by atoms with E-state index in [4.69, 9.17) is 21.1 Å². The van der Waals surface area contributed by atoms with Crippen molar-refractivity contribution in [2.75, 3.05) is 33.4 Å². The highest BCUT2D eigenvalue weighted by Crippen LogP contribution is 2.27. The van der Waals surface area contributed by atoms with Crippen molar-refractivity contribution in [1.82, 2.24) is 9.88 Å². The summed E-state index contributed by atoms with van der Waals surface area (Å²) in [4.78, 5) is 29.3. The third-order valence-corrected chi connectivity index (χ3v) is 4.19. The van der Waals surface area contributed by atoms with Crippen molar-refractivity contribution >= 4 is 23.5 Å². The highest BCUT2D eigenvalue weighted by atomic mass is 35.5. The minimum absolute atomic E-state index is 0.0576. The lowest BCUT2D eigenvalue weighted by Gasteiger charge is -2.37. The summed E-state index contributed by atoms with van der Waals surface area (Å²) in [6.07, 6.45) is 2.17. The first-order chi connectivity index (χ1) is 11.1. The van der Waals surface area contributed by atoms with Gasteiger partial charge < -0.3 is 19.1 Å². The predicted molar refractivity (Wildman–Crippen MR) is 80.5 cm³/mol. The van der Waals surface area contributed by atoms with Gasteiger partial charge in [0.2, 0.25) is 5.88 Å². The lowest BCUT2D eigenvalue weighted by atomic mass is 9.99.